The first kappa shape index (κ1) is 18.3. The number of esters is 1. The fraction of sp³-hybridized carbons (Fsp3) is 0.389. The van der Waals surface area contributed by atoms with Crippen molar-refractivity contribution in [1.82, 2.24) is 10.2 Å². The van der Waals surface area contributed by atoms with Crippen LogP contribution in [0.5, 0.6) is 0 Å². The van der Waals surface area contributed by atoms with Gasteiger partial charge in [0.2, 0.25) is 5.91 Å². The van der Waals surface area contributed by atoms with Crippen LogP contribution in [0.1, 0.15) is 28.6 Å². The normalized spacial score (nSPS) is 22.6. The zero-order valence-corrected chi connectivity index (χ0v) is 15.3. The Balaban J connectivity index is 1.98. The second-order valence-electron chi connectivity index (χ2n) is 6.24. The number of carbonyl (C=O) groups excluding carboxylic acids is 3. The highest BCUT2D eigenvalue weighted by atomic mass is 32.1. The zero-order valence-electron chi connectivity index (χ0n) is 14.5. The molecule has 26 heavy (non-hydrogen) atoms. The maximum atomic E-state index is 12.5. The van der Waals surface area contributed by atoms with Crippen molar-refractivity contribution < 1.29 is 24.2 Å². The Morgan fingerprint density at radius 2 is 2.31 bits per heavy atom. The van der Waals surface area contributed by atoms with Crippen LogP contribution in [-0.4, -0.2) is 53.6 Å². The van der Waals surface area contributed by atoms with Gasteiger partial charge in [0.05, 0.1) is 23.6 Å². The van der Waals surface area contributed by atoms with E-state index in [9.17, 15) is 19.5 Å². The quantitative estimate of drug-likeness (QED) is 0.441. The lowest BCUT2D eigenvalue weighted by molar-refractivity contribution is -0.162. The summed E-state index contributed by atoms with van der Waals surface area (Å²) in [6, 6.07) is 1.43. The van der Waals surface area contributed by atoms with Gasteiger partial charge in [-0.25, -0.2) is 4.79 Å². The Morgan fingerprint density at radius 1 is 1.58 bits per heavy atom. The van der Waals surface area contributed by atoms with Gasteiger partial charge in [-0.15, -0.1) is 11.3 Å². The Bertz CT molecular complexity index is 810. The van der Waals surface area contributed by atoms with E-state index < -0.39 is 18.0 Å². The maximum Gasteiger partial charge on any atom is 0.355 e. The molecular weight excluding hydrogens is 356 g/mol. The summed E-state index contributed by atoms with van der Waals surface area (Å²) in [5, 5.41) is 14.1. The molecule has 3 heterocycles. The number of hydrogen-bond donors (Lipinski definition) is 2. The summed E-state index contributed by atoms with van der Waals surface area (Å²) in [7, 11) is 1.55. The number of β-lactam (4-membered cyclic amide) rings is 1. The summed E-state index contributed by atoms with van der Waals surface area (Å²) in [6.07, 6.45) is 1.10. The molecule has 1 saturated heterocycles. The van der Waals surface area contributed by atoms with Gasteiger partial charge >= 0.3 is 5.97 Å². The Morgan fingerprint density at radius 3 is 2.92 bits per heavy atom. The van der Waals surface area contributed by atoms with E-state index in [0.29, 0.717) is 17.6 Å². The first-order chi connectivity index (χ1) is 12.4. The van der Waals surface area contributed by atoms with Gasteiger partial charge in [0.15, 0.2) is 0 Å². The standard InChI is InChI=1S/C18H20N2O5S/c1-4-5-25-18(24)15-11(13-6-10(8-26-13)16(22)19-3)7-12-14(9(2)21)17(23)20(12)15/h4,6,8-9,12,14,21H,1,5,7H2,2-3H3,(H,19,22). The van der Waals surface area contributed by atoms with E-state index in [1.54, 1.807) is 25.4 Å². The summed E-state index contributed by atoms with van der Waals surface area (Å²) in [4.78, 5) is 39.0. The number of carbonyl (C=O) groups is 3. The van der Waals surface area contributed by atoms with Crippen LogP contribution < -0.4 is 5.32 Å². The van der Waals surface area contributed by atoms with Gasteiger partial charge in [0.25, 0.3) is 5.91 Å². The lowest BCUT2D eigenvalue weighted by Crippen LogP contribution is -2.61. The molecule has 2 aliphatic rings. The van der Waals surface area contributed by atoms with Crippen LogP contribution in [0.25, 0.3) is 5.57 Å². The van der Waals surface area contributed by atoms with E-state index in [1.807, 2.05) is 0 Å². The van der Waals surface area contributed by atoms with Crippen LogP contribution in [-0.2, 0) is 14.3 Å². The van der Waals surface area contributed by atoms with Gasteiger partial charge in [0.1, 0.15) is 12.3 Å². The van der Waals surface area contributed by atoms with Crippen molar-refractivity contribution in [2.24, 2.45) is 5.92 Å². The number of amides is 2. The molecule has 2 amide bonds. The van der Waals surface area contributed by atoms with Crippen LogP contribution in [0.3, 0.4) is 0 Å². The van der Waals surface area contributed by atoms with Crippen molar-refractivity contribution in [2.45, 2.75) is 25.5 Å². The highest BCUT2D eigenvalue weighted by Crippen LogP contribution is 2.48. The number of nitrogens with one attached hydrogen (secondary N) is 1. The van der Waals surface area contributed by atoms with Crippen LogP contribution in [0.2, 0.25) is 0 Å². The summed E-state index contributed by atoms with van der Waals surface area (Å²) in [6.45, 7) is 5.13. The van der Waals surface area contributed by atoms with Crippen LogP contribution >= 0.6 is 11.3 Å². The fourth-order valence-electron chi connectivity index (χ4n) is 3.44. The molecule has 3 atom stereocenters. The van der Waals surface area contributed by atoms with Crippen LogP contribution in [0.4, 0.5) is 0 Å². The predicted molar refractivity (Wildman–Crippen MR) is 96.2 cm³/mol. The van der Waals surface area contributed by atoms with Gasteiger partial charge in [-0.3, -0.25) is 9.59 Å². The highest BCUT2D eigenvalue weighted by molar-refractivity contribution is 7.11. The monoisotopic (exact) mass is 376 g/mol. The molecule has 1 fully saturated rings. The molecule has 1 aromatic rings. The molecule has 2 aliphatic heterocycles. The largest absolute Gasteiger partial charge is 0.457 e. The molecule has 138 valence electrons. The number of aliphatic hydroxyl groups excluding tert-OH is 1. The lowest BCUT2D eigenvalue weighted by atomic mass is 9.83. The van der Waals surface area contributed by atoms with E-state index in [0.717, 1.165) is 4.88 Å². The van der Waals surface area contributed by atoms with Crippen LogP contribution in [0, 0.1) is 5.92 Å². The summed E-state index contributed by atoms with van der Waals surface area (Å²) >= 11 is 1.33. The molecule has 0 saturated carbocycles. The Kier molecular flexibility index (Phi) is 4.97. The molecule has 1 aromatic heterocycles. The van der Waals surface area contributed by atoms with E-state index in [1.165, 1.54) is 22.3 Å². The predicted octanol–water partition coefficient (Wildman–Crippen LogP) is 1.16. The van der Waals surface area contributed by atoms with Gasteiger partial charge in [-0.2, -0.15) is 0 Å². The summed E-state index contributed by atoms with van der Waals surface area (Å²) < 4.78 is 5.15. The number of ether oxygens (including phenoxy) is 1. The van der Waals surface area contributed by atoms with Crippen molar-refractivity contribution in [3.8, 4) is 0 Å². The highest BCUT2D eigenvalue weighted by Gasteiger charge is 2.57. The third-order valence-electron chi connectivity index (χ3n) is 4.64. The molecule has 3 unspecified atom stereocenters. The Hall–Kier alpha value is -2.45. The van der Waals surface area contributed by atoms with E-state index >= 15 is 0 Å². The molecule has 2 N–H and O–H groups in total. The minimum absolute atomic E-state index is 0.0378. The van der Waals surface area contributed by atoms with E-state index in [4.69, 9.17) is 4.74 Å². The topological polar surface area (TPSA) is 95.9 Å². The minimum Gasteiger partial charge on any atom is -0.457 e. The molecule has 8 heteroatoms. The van der Waals surface area contributed by atoms with Crippen LogP contribution in [0.15, 0.2) is 29.8 Å². The summed E-state index contributed by atoms with van der Waals surface area (Å²) in [5.74, 6) is -1.64. The first-order valence-corrected chi connectivity index (χ1v) is 9.12. The number of nitrogens with zero attached hydrogens (tertiary/aromatic N) is 1. The Labute approximate surface area is 154 Å². The van der Waals surface area contributed by atoms with E-state index in [-0.39, 0.29) is 30.2 Å². The molecule has 0 bridgehead atoms. The fourth-order valence-corrected chi connectivity index (χ4v) is 4.39. The third kappa shape index (κ3) is 2.85. The number of aliphatic hydroxyl groups is 1. The number of hydrogen-bond acceptors (Lipinski definition) is 6. The number of fused-ring (bicyclic) bond motifs is 1. The lowest BCUT2D eigenvalue weighted by Gasteiger charge is -2.44. The molecule has 7 nitrogen and oxygen atoms in total. The van der Waals surface area contributed by atoms with Crippen molar-refractivity contribution >= 4 is 34.7 Å². The molecule has 0 radical (unpaired) electrons. The van der Waals surface area contributed by atoms with Crippen molar-refractivity contribution in [1.29, 1.82) is 0 Å². The zero-order chi connectivity index (χ0) is 19.0. The molecule has 0 aliphatic carbocycles. The smallest absolute Gasteiger partial charge is 0.355 e. The molecular formula is C18H20N2O5S. The average molecular weight is 376 g/mol. The van der Waals surface area contributed by atoms with Crippen molar-refractivity contribution in [3.63, 3.8) is 0 Å². The van der Waals surface area contributed by atoms with Crippen molar-refractivity contribution in [3.05, 3.63) is 40.2 Å². The average Bonchev–Trinajstić information content (AvgIpc) is 3.21. The maximum absolute atomic E-state index is 12.5. The number of thiophene rings is 1. The van der Waals surface area contributed by atoms with Gasteiger partial charge in [-0.05, 0) is 19.4 Å². The van der Waals surface area contributed by atoms with Gasteiger partial charge < -0.3 is 20.1 Å². The van der Waals surface area contributed by atoms with Crippen molar-refractivity contribution in [2.75, 3.05) is 13.7 Å². The van der Waals surface area contributed by atoms with E-state index in [2.05, 4.69) is 11.9 Å². The van der Waals surface area contributed by atoms with Gasteiger partial charge in [-0.1, -0.05) is 12.7 Å². The molecule has 0 spiro atoms. The SMILES string of the molecule is C=CCOC(=O)C1=C(c2cc(C(=O)NC)cs2)CC2C(C(C)O)C(=O)N12. The third-order valence-corrected chi connectivity index (χ3v) is 5.63. The molecule has 0 aromatic carbocycles. The van der Waals surface area contributed by atoms with Gasteiger partial charge in [0, 0.05) is 22.9 Å². The minimum atomic E-state index is -0.793. The summed E-state index contributed by atoms with van der Waals surface area (Å²) in [5.41, 5.74) is 1.36. The first-order valence-electron chi connectivity index (χ1n) is 8.24. The number of rotatable bonds is 6. The molecule has 3 rings (SSSR count). The second kappa shape index (κ2) is 7.05. The second-order valence-corrected chi connectivity index (χ2v) is 7.15.